The maximum absolute atomic E-state index is 10.6. The summed E-state index contributed by atoms with van der Waals surface area (Å²) >= 11 is 3.41. The summed E-state index contributed by atoms with van der Waals surface area (Å²) in [5, 5.41) is 8.69. The maximum Gasteiger partial charge on any atom is 0.303 e. The zero-order valence-electron chi connectivity index (χ0n) is 9.69. The first-order chi connectivity index (χ1) is 8.58. The van der Waals surface area contributed by atoms with Gasteiger partial charge in [0.25, 0.3) is 0 Å². The minimum atomic E-state index is -0.849. The van der Waals surface area contributed by atoms with Crippen LogP contribution in [-0.4, -0.2) is 17.9 Å². The second-order valence-corrected chi connectivity index (χ2v) is 5.05. The van der Waals surface area contributed by atoms with E-state index in [2.05, 4.69) is 15.9 Å². The Bertz CT molecular complexity index is 464. The monoisotopic (exact) mass is 315 g/mol. The summed E-state index contributed by atoms with van der Waals surface area (Å²) in [6.07, 6.45) is 0.418. The molecule has 98 valence electrons. The third-order valence-electron chi connectivity index (χ3n) is 2.77. The maximum atomic E-state index is 10.6. The number of aliphatic carboxylic acids is 1. The van der Waals surface area contributed by atoms with Gasteiger partial charge in [0.1, 0.15) is 5.75 Å². The lowest BCUT2D eigenvalue weighted by molar-refractivity contribution is -0.137. The van der Waals surface area contributed by atoms with Gasteiger partial charge in [0.2, 0.25) is 0 Å². The highest BCUT2D eigenvalue weighted by molar-refractivity contribution is 9.10. The number of rotatable bonds is 4. The van der Waals surface area contributed by atoms with Crippen molar-refractivity contribution < 1.29 is 19.4 Å². The van der Waals surface area contributed by atoms with E-state index in [1.807, 2.05) is 12.1 Å². The smallest absolute Gasteiger partial charge is 0.303 e. The molecule has 0 radical (unpaired) electrons. The SMILES string of the molecule is NC(CCC(=O)O)c1cc(Br)cc2c1OCOC2. The summed E-state index contributed by atoms with van der Waals surface area (Å²) in [6.45, 7) is 0.681. The molecule has 0 aromatic heterocycles. The van der Waals surface area contributed by atoms with Crippen LogP contribution in [0.4, 0.5) is 0 Å². The summed E-state index contributed by atoms with van der Waals surface area (Å²) in [7, 11) is 0. The molecule has 0 bridgehead atoms. The van der Waals surface area contributed by atoms with Crippen LogP contribution in [-0.2, 0) is 16.1 Å². The Morgan fingerprint density at radius 2 is 2.33 bits per heavy atom. The van der Waals surface area contributed by atoms with E-state index in [0.717, 1.165) is 21.3 Å². The Kier molecular flexibility index (Phi) is 4.21. The number of carboxylic acid groups (broad SMARTS) is 1. The lowest BCUT2D eigenvalue weighted by Crippen LogP contribution is -2.18. The number of ether oxygens (including phenoxy) is 2. The molecule has 1 aromatic carbocycles. The average Bonchev–Trinajstić information content (AvgIpc) is 2.34. The zero-order valence-corrected chi connectivity index (χ0v) is 11.3. The van der Waals surface area contributed by atoms with E-state index >= 15 is 0 Å². The van der Waals surface area contributed by atoms with Gasteiger partial charge in [0.15, 0.2) is 6.79 Å². The number of carboxylic acids is 1. The fourth-order valence-electron chi connectivity index (χ4n) is 1.92. The number of benzene rings is 1. The van der Waals surface area contributed by atoms with E-state index in [0.29, 0.717) is 13.0 Å². The van der Waals surface area contributed by atoms with Gasteiger partial charge in [-0.25, -0.2) is 0 Å². The first-order valence-corrected chi connectivity index (χ1v) is 6.37. The first-order valence-electron chi connectivity index (χ1n) is 5.58. The first kappa shape index (κ1) is 13.3. The van der Waals surface area contributed by atoms with E-state index in [1.165, 1.54) is 0 Å². The Balaban J connectivity index is 2.25. The van der Waals surface area contributed by atoms with Gasteiger partial charge >= 0.3 is 5.97 Å². The molecule has 0 saturated heterocycles. The molecule has 18 heavy (non-hydrogen) atoms. The fraction of sp³-hybridized carbons (Fsp3) is 0.417. The van der Waals surface area contributed by atoms with Crippen LogP contribution in [0.1, 0.15) is 30.0 Å². The van der Waals surface area contributed by atoms with Crippen LogP contribution in [0, 0.1) is 0 Å². The van der Waals surface area contributed by atoms with Crippen LogP contribution >= 0.6 is 15.9 Å². The highest BCUT2D eigenvalue weighted by Crippen LogP contribution is 2.35. The summed E-state index contributed by atoms with van der Waals surface area (Å²) in [6, 6.07) is 3.43. The zero-order chi connectivity index (χ0) is 13.1. The van der Waals surface area contributed by atoms with Crippen LogP contribution < -0.4 is 10.5 Å². The molecule has 1 heterocycles. The Morgan fingerprint density at radius 3 is 3.06 bits per heavy atom. The van der Waals surface area contributed by atoms with Crippen LogP contribution in [0.15, 0.2) is 16.6 Å². The van der Waals surface area contributed by atoms with Crippen molar-refractivity contribution in [3.05, 3.63) is 27.7 Å². The Hall–Kier alpha value is -1.11. The molecule has 0 saturated carbocycles. The van der Waals surface area contributed by atoms with Crippen LogP contribution in [0.3, 0.4) is 0 Å². The predicted molar refractivity (Wildman–Crippen MR) is 68.2 cm³/mol. The minimum absolute atomic E-state index is 0.0406. The molecule has 0 fully saturated rings. The normalized spacial score (nSPS) is 15.7. The fourth-order valence-corrected chi connectivity index (χ4v) is 2.44. The molecule has 3 N–H and O–H groups in total. The number of hydrogen-bond donors (Lipinski definition) is 2. The van der Waals surface area contributed by atoms with Crippen molar-refractivity contribution in [3.8, 4) is 5.75 Å². The highest BCUT2D eigenvalue weighted by Gasteiger charge is 2.20. The summed E-state index contributed by atoms with van der Waals surface area (Å²) in [5.74, 6) is -0.124. The van der Waals surface area contributed by atoms with Gasteiger partial charge in [-0.3, -0.25) is 4.79 Å². The summed E-state index contributed by atoms with van der Waals surface area (Å²) in [4.78, 5) is 10.6. The second kappa shape index (κ2) is 5.69. The van der Waals surface area contributed by atoms with Gasteiger partial charge in [-0.05, 0) is 18.6 Å². The standard InChI is InChI=1S/C12H14BrNO4/c13-8-3-7-5-17-6-18-12(7)9(4-8)10(14)1-2-11(15)16/h3-4,10H,1-2,5-6,14H2,(H,15,16). The van der Waals surface area contributed by atoms with Crippen molar-refractivity contribution in [1.82, 2.24) is 0 Å². The molecule has 1 atom stereocenters. The summed E-state index contributed by atoms with van der Waals surface area (Å²) in [5.41, 5.74) is 7.78. The lowest BCUT2D eigenvalue weighted by Gasteiger charge is -2.23. The number of halogens is 1. The van der Waals surface area contributed by atoms with Gasteiger partial charge in [-0.2, -0.15) is 0 Å². The summed E-state index contributed by atoms with van der Waals surface area (Å²) < 4.78 is 11.6. The van der Waals surface area contributed by atoms with Crippen molar-refractivity contribution in [2.75, 3.05) is 6.79 Å². The van der Waals surface area contributed by atoms with Crippen LogP contribution in [0.25, 0.3) is 0 Å². The van der Waals surface area contributed by atoms with Gasteiger partial charge in [-0.15, -0.1) is 0 Å². The van der Waals surface area contributed by atoms with Gasteiger partial charge < -0.3 is 20.3 Å². The molecule has 1 aliphatic rings. The van der Waals surface area contributed by atoms with Gasteiger partial charge in [0.05, 0.1) is 6.61 Å². The lowest BCUT2D eigenvalue weighted by atomic mass is 9.99. The molecule has 6 heteroatoms. The topological polar surface area (TPSA) is 81.8 Å². The second-order valence-electron chi connectivity index (χ2n) is 4.13. The number of hydrogen-bond acceptors (Lipinski definition) is 4. The van der Waals surface area contributed by atoms with Crippen LogP contribution in [0.2, 0.25) is 0 Å². The van der Waals surface area contributed by atoms with Crippen molar-refractivity contribution in [3.63, 3.8) is 0 Å². The van der Waals surface area contributed by atoms with Crippen molar-refractivity contribution in [1.29, 1.82) is 0 Å². The molecule has 2 rings (SSSR count). The molecule has 1 aliphatic heterocycles. The average molecular weight is 316 g/mol. The largest absolute Gasteiger partial charge is 0.481 e. The third-order valence-corrected chi connectivity index (χ3v) is 3.23. The highest BCUT2D eigenvalue weighted by atomic mass is 79.9. The van der Waals surface area contributed by atoms with Crippen molar-refractivity contribution in [2.45, 2.75) is 25.5 Å². The predicted octanol–water partition coefficient (Wildman–Crippen LogP) is 2.18. The molecule has 1 aromatic rings. The molecule has 0 aliphatic carbocycles. The Labute approximate surface area is 113 Å². The van der Waals surface area contributed by atoms with E-state index < -0.39 is 5.97 Å². The Morgan fingerprint density at radius 1 is 1.56 bits per heavy atom. The van der Waals surface area contributed by atoms with E-state index in [-0.39, 0.29) is 19.3 Å². The van der Waals surface area contributed by atoms with Gasteiger partial charge in [0, 0.05) is 28.1 Å². The molecular formula is C12H14BrNO4. The van der Waals surface area contributed by atoms with E-state index in [4.69, 9.17) is 20.3 Å². The molecule has 5 nitrogen and oxygen atoms in total. The van der Waals surface area contributed by atoms with Gasteiger partial charge in [-0.1, -0.05) is 15.9 Å². The minimum Gasteiger partial charge on any atom is -0.481 e. The molecule has 0 spiro atoms. The third kappa shape index (κ3) is 3.01. The number of carbonyl (C=O) groups is 1. The van der Waals surface area contributed by atoms with Crippen molar-refractivity contribution >= 4 is 21.9 Å². The van der Waals surface area contributed by atoms with Crippen LogP contribution in [0.5, 0.6) is 5.75 Å². The molecule has 0 amide bonds. The molecule has 1 unspecified atom stereocenters. The number of nitrogens with two attached hydrogens (primary N) is 1. The van der Waals surface area contributed by atoms with E-state index in [1.54, 1.807) is 0 Å². The van der Waals surface area contributed by atoms with Crippen molar-refractivity contribution in [2.24, 2.45) is 5.73 Å². The number of fused-ring (bicyclic) bond motifs is 1. The van der Waals surface area contributed by atoms with E-state index in [9.17, 15) is 4.79 Å². The molecular weight excluding hydrogens is 302 g/mol. The quantitative estimate of drug-likeness (QED) is 0.890.